The molecule has 0 unspecified atom stereocenters. The molecule has 1 aromatic carbocycles. The van der Waals surface area contributed by atoms with Crippen molar-refractivity contribution < 1.29 is 4.79 Å². The fraction of sp³-hybridized carbons (Fsp3) is 0.438. The van der Waals surface area contributed by atoms with E-state index >= 15 is 0 Å². The first-order chi connectivity index (χ1) is 9.25. The van der Waals surface area contributed by atoms with E-state index in [4.69, 9.17) is 0 Å². The third kappa shape index (κ3) is 2.57. The largest absolute Gasteiger partial charge is 0.336 e. The number of benzene rings is 1. The van der Waals surface area contributed by atoms with Crippen molar-refractivity contribution in [3.05, 3.63) is 41.3 Å². The first kappa shape index (κ1) is 12.8. The van der Waals surface area contributed by atoms with Gasteiger partial charge in [0.25, 0.3) is 0 Å². The van der Waals surface area contributed by atoms with E-state index in [0.29, 0.717) is 12.0 Å². The van der Waals surface area contributed by atoms with E-state index in [0.717, 1.165) is 19.4 Å². The Balaban J connectivity index is 1.83. The minimum Gasteiger partial charge on any atom is -0.336 e. The van der Waals surface area contributed by atoms with Gasteiger partial charge < -0.3 is 4.90 Å². The molecule has 0 saturated carbocycles. The Hall–Kier alpha value is -1.22. The summed E-state index contributed by atoms with van der Waals surface area (Å²) in [7, 11) is 0. The molecule has 1 amide bonds. The van der Waals surface area contributed by atoms with Gasteiger partial charge in [0.1, 0.15) is 0 Å². The molecule has 2 heterocycles. The standard InChI is InChI=1S/C16H19NOS/c1-12-14-9-5-6-10-17(14)16(18)11-15(12)19-13-7-3-2-4-8-13/h2-4,7-8,11-12,14H,5-6,9-10H2,1H3/t12-,14+/m1/s1. The van der Waals surface area contributed by atoms with Crippen LogP contribution in [0.1, 0.15) is 26.2 Å². The summed E-state index contributed by atoms with van der Waals surface area (Å²) in [6.45, 7) is 3.20. The SMILES string of the molecule is C[C@H]1C(Sc2ccccc2)=CC(=O)N2CCCC[C@@H]12. The average molecular weight is 273 g/mol. The van der Waals surface area contributed by atoms with Crippen LogP contribution < -0.4 is 0 Å². The summed E-state index contributed by atoms with van der Waals surface area (Å²) in [4.78, 5) is 16.7. The van der Waals surface area contributed by atoms with Crippen LogP contribution >= 0.6 is 11.8 Å². The number of amides is 1. The predicted octanol–water partition coefficient (Wildman–Crippen LogP) is 3.69. The van der Waals surface area contributed by atoms with Crippen molar-refractivity contribution in [3.63, 3.8) is 0 Å². The molecule has 0 aromatic heterocycles. The fourth-order valence-electron chi connectivity index (χ4n) is 3.02. The number of hydrogen-bond donors (Lipinski definition) is 0. The van der Waals surface area contributed by atoms with E-state index in [1.165, 1.54) is 16.2 Å². The number of rotatable bonds is 2. The van der Waals surface area contributed by atoms with Gasteiger partial charge in [0.15, 0.2) is 0 Å². The van der Waals surface area contributed by atoms with Gasteiger partial charge in [0.2, 0.25) is 5.91 Å². The van der Waals surface area contributed by atoms with Crippen LogP contribution in [0.3, 0.4) is 0 Å². The van der Waals surface area contributed by atoms with Crippen LogP contribution in [-0.4, -0.2) is 23.4 Å². The molecule has 2 aliphatic heterocycles. The van der Waals surface area contributed by atoms with Gasteiger partial charge in [-0.15, -0.1) is 0 Å². The van der Waals surface area contributed by atoms with Crippen LogP contribution in [0.4, 0.5) is 0 Å². The molecular formula is C16H19NOS. The highest BCUT2D eigenvalue weighted by molar-refractivity contribution is 8.03. The van der Waals surface area contributed by atoms with E-state index in [-0.39, 0.29) is 5.91 Å². The lowest BCUT2D eigenvalue weighted by molar-refractivity contribution is -0.131. The number of hydrogen-bond acceptors (Lipinski definition) is 2. The highest BCUT2D eigenvalue weighted by Gasteiger charge is 2.35. The number of carbonyl (C=O) groups is 1. The second-order valence-corrected chi connectivity index (χ2v) is 6.49. The highest BCUT2D eigenvalue weighted by atomic mass is 32.2. The Labute approximate surface area is 118 Å². The van der Waals surface area contributed by atoms with Crippen molar-refractivity contribution in [1.29, 1.82) is 0 Å². The number of fused-ring (bicyclic) bond motifs is 1. The molecule has 2 aliphatic rings. The Kier molecular flexibility index (Phi) is 3.65. The maximum Gasteiger partial charge on any atom is 0.247 e. The molecule has 1 fully saturated rings. The lowest BCUT2D eigenvalue weighted by Gasteiger charge is -2.42. The third-order valence-electron chi connectivity index (χ3n) is 4.10. The quantitative estimate of drug-likeness (QED) is 0.819. The van der Waals surface area contributed by atoms with Gasteiger partial charge in [-0.3, -0.25) is 4.79 Å². The van der Waals surface area contributed by atoms with Crippen LogP contribution in [0, 0.1) is 5.92 Å². The predicted molar refractivity (Wildman–Crippen MR) is 78.9 cm³/mol. The van der Waals surface area contributed by atoms with Gasteiger partial charge in [0.05, 0.1) is 0 Å². The molecule has 0 radical (unpaired) electrons. The molecule has 0 spiro atoms. The molecule has 1 saturated heterocycles. The molecule has 2 nitrogen and oxygen atoms in total. The van der Waals surface area contributed by atoms with Crippen molar-refractivity contribution in [2.24, 2.45) is 5.92 Å². The zero-order valence-electron chi connectivity index (χ0n) is 11.2. The lowest BCUT2D eigenvalue weighted by atomic mass is 9.88. The molecule has 0 aliphatic carbocycles. The van der Waals surface area contributed by atoms with Gasteiger partial charge in [-0.05, 0) is 31.4 Å². The summed E-state index contributed by atoms with van der Waals surface area (Å²) in [5.41, 5.74) is 0. The van der Waals surface area contributed by atoms with Crippen LogP contribution in [0.25, 0.3) is 0 Å². The summed E-state index contributed by atoms with van der Waals surface area (Å²) in [6, 6.07) is 10.7. The smallest absolute Gasteiger partial charge is 0.247 e. The van der Waals surface area contributed by atoms with Crippen LogP contribution in [0.5, 0.6) is 0 Å². The highest BCUT2D eigenvalue weighted by Crippen LogP contribution is 2.40. The van der Waals surface area contributed by atoms with E-state index in [2.05, 4.69) is 24.0 Å². The number of carbonyl (C=O) groups excluding carboxylic acids is 1. The van der Waals surface area contributed by atoms with Crippen LogP contribution in [0.15, 0.2) is 46.2 Å². The normalized spacial score (nSPS) is 26.9. The first-order valence-corrected chi connectivity index (χ1v) is 7.82. The summed E-state index contributed by atoms with van der Waals surface area (Å²) in [5.74, 6) is 0.671. The lowest BCUT2D eigenvalue weighted by Crippen LogP contribution is -2.49. The molecule has 0 N–H and O–H groups in total. The Morgan fingerprint density at radius 3 is 2.79 bits per heavy atom. The van der Waals surface area contributed by atoms with Gasteiger partial charge in [-0.1, -0.05) is 36.9 Å². The van der Waals surface area contributed by atoms with Crippen molar-refractivity contribution in [3.8, 4) is 0 Å². The zero-order valence-corrected chi connectivity index (χ0v) is 12.0. The maximum absolute atomic E-state index is 12.2. The molecule has 3 rings (SSSR count). The molecule has 3 heteroatoms. The maximum atomic E-state index is 12.2. The molecule has 2 atom stereocenters. The van der Waals surface area contributed by atoms with Gasteiger partial charge in [-0.2, -0.15) is 0 Å². The summed E-state index contributed by atoms with van der Waals surface area (Å²) in [5, 5.41) is 0. The Morgan fingerprint density at radius 1 is 1.21 bits per heavy atom. The van der Waals surface area contributed by atoms with Gasteiger partial charge in [0, 0.05) is 34.4 Å². The molecule has 100 valence electrons. The van der Waals surface area contributed by atoms with E-state index < -0.39 is 0 Å². The Bertz CT molecular complexity index is 497. The molecular weight excluding hydrogens is 254 g/mol. The monoisotopic (exact) mass is 273 g/mol. The second-order valence-electron chi connectivity index (χ2n) is 5.35. The van der Waals surface area contributed by atoms with Crippen molar-refractivity contribution in [2.75, 3.05) is 6.54 Å². The molecule has 1 aromatic rings. The zero-order chi connectivity index (χ0) is 13.2. The van der Waals surface area contributed by atoms with E-state index in [1.54, 1.807) is 11.8 Å². The number of nitrogens with zero attached hydrogens (tertiary/aromatic N) is 1. The second kappa shape index (κ2) is 5.41. The van der Waals surface area contributed by atoms with Crippen molar-refractivity contribution >= 4 is 17.7 Å². The van der Waals surface area contributed by atoms with Gasteiger partial charge >= 0.3 is 0 Å². The molecule has 19 heavy (non-hydrogen) atoms. The van der Waals surface area contributed by atoms with Gasteiger partial charge in [-0.25, -0.2) is 0 Å². The van der Waals surface area contributed by atoms with Crippen LogP contribution in [-0.2, 0) is 4.79 Å². The molecule has 0 bridgehead atoms. The summed E-state index contributed by atoms with van der Waals surface area (Å²) < 4.78 is 0. The van der Waals surface area contributed by atoms with Crippen molar-refractivity contribution in [2.45, 2.75) is 37.1 Å². The summed E-state index contributed by atoms with van der Waals surface area (Å²) >= 11 is 1.75. The minimum absolute atomic E-state index is 0.209. The van der Waals surface area contributed by atoms with E-state index in [1.807, 2.05) is 24.3 Å². The first-order valence-electron chi connectivity index (χ1n) is 7.01. The van der Waals surface area contributed by atoms with Crippen LogP contribution in [0.2, 0.25) is 0 Å². The van der Waals surface area contributed by atoms with E-state index in [9.17, 15) is 4.79 Å². The Morgan fingerprint density at radius 2 is 2.00 bits per heavy atom. The fourth-order valence-corrected chi connectivity index (χ4v) is 4.09. The minimum atomic E-state index is 0.209. The summed E-state index contributed by atoms with van der Waals surface area (Å²) in [6.07, 6.45) is 5.41. The number of thioether (sulfide) groups is 1. The average Bonchev–Trinajstić information content (AvgIpc) is 2.46. The third-order valence-corrected chi connectivity index (χ3v) is 5.34. The topological polar surface area (TPSA) is 20.3 Å². The van der Waals surface area contributed by atoms with Crippen molar-refractivity contribution in [1.82, 2.24) is 4.90 Å². The number of piperidine rings is 1.